The standard InChI is InChI=1S/C19H21F3N4O3.HI/c1-23-18(26-13-5-6-15-16(12-13)28-10-3-9-27-15)25-8-11-29-17-14(19(20,21)22)4-2-7-24-17;/h2,4-7,12H,3,8-11H2,1H3,(H2,23,25,26);1H. The van der Waals surface area contributed by atoms with E-state index in [0.717, 1.165) is 18.2 Å². The number of nitrogens with zero attached hydrogens (tertiary/aromatic N) is 2. The molecule has 1 aliphatic rings. The zero-order valence-electron chi connectivity index (χ0n) is 16.2. The Morgan fingerprint density at radius 2 is 1.97 bits per heavy atom. The Bertz CT molecular complexity index is 865. The number of nitrogens with one attached hydrogen (secondary N) is 2. The predicted molar refractivity (Wildman–Crippen MR) is 117 cm³/mol. The molecule has 7 nitrogen and oxygen atoms in total. The number of hydrogen-bond donors (Lipinski definition) is 2. The van der Waals surface area contributed by atoms with E-state index >= 15 is 0 Å². The number of pyridine rings is 1. The van der Waals surface area contributed by atoms with Crippen LogP contribution in [0.2, 0.25) is 0 Å². The number of hydrogen-bond acceptors (Lipinski definition) is 5. The Labute approximate surface area is 189 Å². The number of halogens is 4. The van der Waals surface area contributed by atoms with Crippen LogP contribution in [0.3, 0.4) is 0 Å². The van der Waals surface area contributed by atoms with Crippen molar-refractivity contribution >= 4 is 35.6 Å². The first-order valence-corrected chi connectivity index (χ1v) is 8.99. The summed E-state index contributed by atoms with van der Waals surface area (Å²) in [6.07, 6.45) is -2.46. The van der Waals surface area contributed by atoms with Gasteiger partial charge in [-0.1, -0.05) is 0 Å². The maximum Gasteiger partial charge on any atom is 0.421 e. The van der Waals surface area contributed by atoms with Crippen molar-refractivity contribution in [2.45, 2.75) is 12.6 Å². The number of ether oxygens (including phenoxy) is 3. The third kappa shape index (κ3) is 6.54. The summed E-state index contributed by atoms with van der Waals surface area (Å²) in [6, 6.07) is 7.57. The molecular weight excluding hydrogens is 516 g/mol. The molecule has 2 N–H and O–H groups in total. The quantitative estimate of drug-likeness (QED) is 0.260. The highest BCUT2D eigenvalue weighted by molar-refractivity contribution is 14.0. The van der Waals surface area contributed by atoms with Crippen LogP contribution in [0.25, 0.3) is 0 Å². The molecule has 0 atom stereocenters. The minimum Gasteiger partial charge on any atom is -0.490 e. The molecule has 0 radical (unpaired) electrons. The molecule has 2 heterocycles. The molecule has 11 heteroatoms. The summed E-state index contributed by atoms with van der Waals surface area (Å²) in [5.74, 6) is 1.30. The van der Waals surface area contributed by atoms with E-state index in [2.05, 4.69) is 20.6 Å². The minimum atomic E-state index is -4.52. The molecule has 0 saturated carbocycles. The molecule has 0 fully saturated rings. The van der Waals surface area contributed by atoms with Gasteiger partial charge in [0.25, 0.3) is 0 Å². The molecule has 0 unspecified atom stereocenters. The lowest BCUT2D eigenvalue weighted by atomic mass is 10.2. The SMILES string of the molecule is CN=C(NCCOc1ncccc1C(F)(F)F)Nc1ccc2c(c1)OCCCO2.I. The number of benzene rings is 1. The summed E-state index contributed by atoms with van der Waals surface area (Å²) in [7, 11) is 1.58. The molecule has 3 rings (SSSR count). The maximum atomic E-state index is 12.9. The lowest BCUT2D eigenvalue weighted by Gasteiger charge is -2.15. The average molecular weight is 538 g/mol. The molecule has 1 aromatic carbocycles. The van der Waals surface area contributed by atoms with Crippen molar-refractivity contribution in [2.24, 2.45) is 4.99 Å². The number of rotatable bonds is 5. The van der Waals surface area contributed by atoms with Crippen molar-refractivity contribution in [3.63, 3.8) is 0 Å². The first-order chi connectivity index (χ1) is 14.0. The lowest BCUT2D eigenvalue weighted by molar-refractivity contribution is -0.139. The summed E-state index contributed by atoms with van der Waals surface area (Å²) in [5.41, 5.74) is -0.179. The van der Waals surface area contributed by atoms with Gasteiger partial charge >= 0.3 is 6.18 Å². The zero-order valence-corrected chi connectivity index (χ0v) is 18.5. The predicted octanol–water partition coefficient (Wildman–Crippen LogP) is 3.95. The molecule has 164 valence electrons. The van der Waals surface area contributed by atoms with Gasteiger partial charge in [0.05, 0.1) is 19.8 Å². The normalized spacial score (nSPS) is 13.7. The van der Waals surface area contributed by atoms with Gasteiger partial charge in [-0.25, -0.2) is 4.98 Å². The number of aliphatic imine (C=N–C) groups is 1. The molecule has 1 aliphatic heterocycles. The van der Waals surface area contributed by atoms with Crippen LogP contribution in [0.4, 0.5) is 18.9 Å². The average Bonchev–Trinajstić information content (AvgIpc) is 2.94. The number of aromatic nitrogens is 1. The number of guanidine groups is 1. The fourth-order valence-corrected chi connectivity index (χ4v) is 2.60. The van der Waals surface area contributed by atoms with Crippen LogP contribution in [0.5, 0.6) is 17.4 Å². The van der Waals surface area contributed by atoms with Crippen molar-refractivity contribution in [1.82, 2.24) is 10.3 Å². The fourth-order valence-electron chi connectivity index (χ4n) is 2.60. The van der Waals surface area contributed by atoms with Crippen LogP contribution >= 0.6 is 24.0 Å². The van der Waals surface area contributed by atoms with Crippen molar-refractivity contribution in [2.75, 3.05) is 38.7 Å². The second-order valence-corrected chi connectivity index (χ2v) is 6.04. The van der Waals surface area contributed by atoms with Gasteiger partial charge in [-0.05, 0) is 24.3 Å². The van der Waals surface area contributed by atoms with E-state index in [9.17, 15) is 13.2 Å². The largest absolute Gasteiger partial charge is 0.490 e. The van der Waals surface area contributed by atoms with Gasteiger partial charge in [0.2, 0.25) is 5.88 Å². The van der Waals surface area contributed by atoms with E-state index in [0.29, 0.717) is 30.7 Å². The molecule has 0 saturated heterocycles. The second-order valence-electron chi connectivity index (χ2n) is 6.04. The molecule has 0 bridgehead atoms. The number of fused-ring (bicyclic) bond motifs is 1. The lowest BCUT2D eigenvalue weighted by Crippen LogP contribution is -2.34. The summed E-state index contributed by atoms with van der Waals surface area (Å²) < 4.78 is 55.3. The van der Waals surface area contributed by atoms with Crippen molar-refractivity contribution in [3.05, 3.63) is 42.1 Å². The summed E-state index contributed by atoms with van der Waals surface area (Å²) in [4.78, 5) is 7.74. The van der Waals surface area contributed by atoms with Gasteiger partial charge in [0, 0.05) is 31.4 Å². The van der Waals surface area contributed by atoms with Crippen LogP contribution in [-0.2, 0) is 6.18 Å². The highest BCUT2D eigenvalue weighted by atomic mass is 127. The first-order valence-electron chi connectivity index (χ1n) is 8.99. The third-order valence-electron chi connectivity index (χ3n) is 3.94. The molecule has 0 spiro atoms. The Kier molecular flexibility index (Phi) is 8.81. The number of anilines is 1. The fraction of sp³-hybridized carbons (Fsp3) is 0.368. The smallest absolute Gasteiger partial charge is 0.421 e. The molecule has 1 aromatic heterocycles. The Morgan fingerprint density at radius 3 is 2.70 bits per heavy atom. The van der Waals surface area contributed by atoms with Gasteiger partial charge in [-0.3, -0.25) is 4.99 Å². The Morgan fingerprint density at radius 1 is 1.20 bits per heavy atom. The van der Waals surface area contributed by atoms with Gasteiger partial charge in [0.1, 0.15) is 12.2 Å². The molecule has 2 aromatic rings. The third-order valence-corrected chi connectivity index (χ3v) is 3.94. The molecular formula is C19H22F3IN4O3. The van der Waals surface area contributed by atoms with E-state index in [1.165, 1.54) is 12.3 Å². The van der Waals surface area contributed by atoms with Crippen molar-refractivity contribution in [1.29, 1.82) is 0 Å². The number of alkyl halides is 3. The van der Waals surface area contributed by atoms with Crippen LogP contribution in [0.1, 0.15) is 12.0 Å². The Hall–Kier alpha value is -2.44. The maximum absolute atomic E-state index is 12.9. The van der Waals surface area contributed by atoms with E-state index < -0.39 is 17.6 Å². The van der Waals surface area contributed by atoms with Crippen molar-refractivity contribution < 1.29 is 27.4 Å². The monoisotopic (exact) mass is 538 g/mol. The van der Waals surface area contributed by atoms with E-state index in [1.54, 1.807) is 19.2 Å². The topological polar surface area (TPSA) is 77.0 Å². The highest BCUT2D eigenvalue weighted by Gasteiger charge is 2.34. The summed E-state index contributed by atoms with van der Waals surface area (Å²) in [5, 5.41) is 6.06. The first kappa shape index (κ1) is 23.8. The van der Waals surface area contributed by atoms with Crippen LogP contribution in [0.15, 0.2) is 41.5 Å². The van der Waals surface area contributed by atoms with Gasteiger partial charge < -0.3 is 24.8 Å². The van der Waals surface area contributed by atoms with Gasteiger partial charge in [0.15, 0.2) is 17.5 Å². The summed E-state index contributed by atoms with van der Waals surface area (Å²) in [6.45, 7) is 1.38. The van der Waals surface area contributed by atoms with Gasteiger partial charge in [-0.15, -0.1) is 24.0 Å². The van der Waals surface area contributed by atoms with Crippen LogP contribution in [0, 0.1) is 0 Å². The second kappa shape index (κ2) is 11.1. The van der Waals surface area contributed by atoms with Crippen LogP contribution < -0.4 is 24.8 Å². The highest BCUT2D eigenvalue weighted by Crippen LogP contribution is 2.34. The van der Waals surface area contributed by atoms with E-state index in [1.807, 2.05) is 6.07 Å². The molecule has 0 amide bonds. The van der Waals surface area contributed by atoms with Crippen molar-refractivity contribution in [3.8, 4) is 17.4 Å². The summed E-state index contributed by atoms with van der Waals surface area (Å²) >= 11 is 0. The van der Waals surface area contributed by atoms with E-state index in [-0.39, 0.29) is 37.1 Å². The van der Waals surface area contributed by atoms with Gasteiger partial charge in [-0.2, -0.15) is 13.2 Å². The van der Waals surface area contributed by atoms with E-state index in [4.69, 9.17) is 14.2 Å². The zero-order chi connectivity index (χ0) is 20.7. The minimum absolute atomic E-state index is 0. The molecule has 0 aliphatic carbocycles. The Balaban J connectivity index is 0.00000320. The molecule has 30 heavy (non-hydrogen) atoms. The van der Waals surface area contributed by atoms with Crippen LogP contribution in [-0.4, -0.2) is 44.4 Å².